The number of β-lactam (4-membered cyclic amide) rings is 1. The first-order valence-electron chi connectivity index (χ1n) is 5.05. The molecule has 19 heavy (non-hydrogen) atoms. The second kappa shape index (κ2) is 5.12. The predicted molar refractivity (Wildman–Crippen MR) is 60.3 cm³/mol. The Labute approximate surface area is 134 Å². The molecule has 1 aromatic heterocycles. The van der Waals surface area contributed by atoms with Crippen LogP contribution in [0.25, 0.3) is 6.08 Å². The molecule has 9 heteroatoms. The SMILES string of the molecule is Cn1cnc(/C=C2\C(=O)N3C(C(=O)[O-])=CS[C@H]23)n1.[Na+]. The maximum Gasteiger partial charge on any atom is 1.00 e. The third-order valence-electron chi connectivity index (χ3n) is 2.65. The molecule has 2 aliphatic heterocycles. The summed E-state index contributed by atoms with van der Waals surface area (Å²) >= 11 is 1.26. The van der Waals surface area contributed by atoms with Crippen molar-refractivity contribution in [2.24, 2.45) is 7.05 Å². The summed E-state index contributed by atoms with van der Waals surface area (Å²) < 4.78 is 1.53. The molecule has 1 amide bonds. The summed E-state index contributed by atoms with van der Waals surface area (Å²) in [5, 5.41) is 15.9. The fourth-order valence-corrected chi connectivity index (χ4v) is 2.93. The molecule has 1 aromatic rings. The van der Waals surface area contributed by atoms with E-state index in [1.165, 1.54) is 33.1 Å². The number of carbonyl (C=O) groups is 2. The van der Waals surface area contributed by atoms with E-state index in [-0.39, 0.29) is 46.5 Å². The molecule has 2 aliphatic rings. The number of aryl methyl sites for hydroxylation is 1. The van der Waals surface area contributed by atoms with Gasteiger partial charge in [-0.05, 0) is 11.5 Å². The Morgan fingerprint density at radius 1 is 1.58 bits per heavy atom. The monoisotopic (exact) mass is 286 g/mol. The first-order chi connectivity index (χ1) is 8.58. The number of thioether (sulfide) groups is 1. The number of aliphatic carboxylic acids is 1. The van der Waals surface area contributed by atoms with Gasteiger partial charge >= 0.3 is 29.6 Å². The number of rotatable bonds is 2. The van der Waals surface area contributed by atoms with Crippen LogP contribution in [0.3, 0.4) is 0 Å². The van der Waals surface area contributed by atoms with E-state index in [0.717, 1.165) is 0 Å². The second-order valence-corrected chi connectivity index (χ2v) is 4.78. The Hall–Kier alpha value is -1.09. The minimum atomic E-state index is -1.34. The average molecular weight is 286 g/mol. The van der Waals surface area contributed by atoms with E-state index < -0.39 is 5.97 Å². The van der Waals surface area contributed by atoms with Crippen molar-refractivity contribution in [3.8, 4) is 0 Å². The van der Waals surface area contributed by atoms with Crippen molar-refractivity contribution in [1.29, 1.82) is 0 Å². The number of hydrogen-bond acceptors (Lipinski definition) is 6. The van der Waals surface area contributed by atoms with Crippen LogP contribution in [0, 0.1) is 0 Å². The summed E-state index contributed by atoms with van der Waals surface area (Å²) in [7, 11) is 1.73. The van der Waals surface area contributed by atoms with Gasteiger partial charge in [0.2, 0.25) is 0 Å². The van der Waals surface area contributed by atoms with Gasteiger partial charge in [-0.2, -0.15) is 5.10 Å². The zero-order chi connectivity index (χ0) is 12.9. The molecule has 0 saturated carbocycles. The summed E-state index contributed by atoms with van der Waals surface area (Å²) in [4.78, 5) is 27.8. The fourth-order valence-electron chi connectivity index (χ4n) is 1.82. The topological polar surface area (TPSA) is 91.2 Å². The van der Waals surface area contributed by atoms with Crippen LogP contribution in [0.4, 0.5) is 0 Å². The normalized spacial score (nSPS) is 22.7. The minimum absolute atomic E-state index is 0. The Morgan fingerprint density at radius 3 is 2.89 bits per heavy atom. The Bertz CT molecular complexity index is 624. The predicted octanol–water partition coefficient (Wildman–Crippen LogP) is -4.29. The van der Waals surface area contributed by atoms with E-state index in [1.807, 2.05) is 0 Å². The largest absolute Gasteiger partial charge is 1.00 e. The van der Waals surface area contributed by atoms with Crippen LogP contribution >= 0.6 is 11.8 Å². The second-order valence-electron chi connectivity index (χ2n) is 3.83. The maximum absolute atomic E-state index is 11.8. The third kappa shape index (κ3) is 2.25. The molecule has 1 atom stereocenters. The van der Waals surface area contributed by atoms with E-state index in [0.29, 0.717) is 11.4 Å². The van der Waals surface area contributed by atoms with Crippen molar-refractivity contribution < 1.29 is 44.3 Å². The standard InChI is InChI=1S/C10H8N4O3S.Na/c1-13-4-11-7(12-13)2-5-8(15)14-6(10(16)17)3-18-9(5)14;/h2-4,9H,1H3,(H,16,17);/q;+1/p-1/b5-2+;/t9-;/m1./s1. The molecule has 0 radical (unpaired) electrons. The van der Waals surface area contributed by atoms with E-state index in [1.54, 1.807) is 13.1 Å². The van der Waals surface area contributed by atoms with Crippen LogP contribution in [0.15, 0.2) is 23.0 Å². The van der Waals surface area contributed by atoms with Crippen LogP contribution in [-0.4, -0.2) is 36.9 Å². The number of carboxylic acids is 1. The number of carbonyl (C=O) groups excluding carboxylic acids is 2. The third-order valence-corrected chi connectivity index (χ3v) is 3.73. The number of nitrogens with zero attached hydrogens (tertiary/aromatic N) is 4. The minimum Gasteiger partial charge on any atom is -0.543 e. The quantitative estimate of drug-likeness (QED) is 0.310. The van der Waals surface area contributed by atoms with Crippen molar-refractivity contribution in [2.75, 3.05) is 0 Å². The van der Waals surface area contributed by atoms with Crippen molar-refractivity contribution in [1.82, 2.24) is 19.7 Å². The number of aromatic nitrogens is 3. The molecule has 3 rings (SSSR count). The van der Waals surface area contributed by atoms with E-state index in [2.05, 4.69) is 10.1 Å². The molecule has 1 saturated heterocycles. The van der Waals surface area contributed by atoms with Gasteiger partial charge in [-0.3, -0.25) is 14.4 Å². The molecule has 0 unspecified atom stereocenters. The average Bonchev–Trinajstić information content (AvgIpc) is 2.89. The van der Waals surface area contributed by atoms with Gasteiger partial charge in [0.05, 0.1) is 17.2 Å². The zero-order valence-corrected chi connectivity index (χ0v) is 13.0. The van der Waals surface area contributed by atoms with Crippen molar-refractivity contribution in [3.63, 3.8) is 0 Å². The Morgan fingerprint density at radius 2 is 2.32 bits per heavy atom. The number of carboxylic acid groups (broad SMARTS) is 1. The molecule has 0 aliphatic carbocycles. The molecule has 92 valence electrons. The van der Waals surface area contributed by atoms with Gasteiger partial charge in [0.25, 0.3) is 5.91 Å². The van der Waals surface area contributed by atoms with Crippen LogP contribution in [0.2, 0.25) is 0 Å². The molecule has 0 aromatic carbocycles. The van der Waals surface area contributed by atoms with E-state index in [9.17, 15) is 14.7 Å². The molecule has 0 spiro atoms. The summed E-state index contributed by atoms with van der Waals surface area (Å²) in [6.45, 7) is 0. The van der Waals surface area contributed by atoms with Gasteiger partial charge in [0.1, 0.15) is 11.7 Å². The Balaban J connectivity index is 0.00000133. The first-order valence-corrected chi connectivity index (χ1v) is 6.00. The zero-order valence-electron chi connectivity index (χ0n) is 10.2. The molecular weight excluding hydrogens is 279 g/mol. The van der Waals surface area contributed by atoms with Gasteiger partial charge in [-0.25, -0.2) is 4.98 Å². The van der Waals surface area contributed by atoms with Crippen molar-refractivity contribution in [2.45, 2.75) is 5.37 Å². The van der Waals surface area contributed by atoms with Crippen LogP contribution in [0.5, 0.6) is 0 Å². The molecule has 1 fully saturated rings. The maximum atomic E-state index is 11.8. The molecule has 0 N–H and O–H groups in total. The van der Waals surface area contributed by atoms with Gasteiger partial charge in [0, 0.05) is 7.05 Å². The molecule has 3 heterocycles. The molecule has 7 nitrogen and oxygen atoms in total. The number of fused-ring (bicyclic) bond motifs is 1. The van der Waals surface area contributed by atoms with Crippen LogP contribution in [-0.2, 0) is 16.6 Å². The Kier molecular flexibility index (Phi) is 3.86. The summed E-state index contributed by atoms with van der Waals surface area (Å²) in [5.74, 6) is -1.25. The van der Waals surface area contributed by atoms with Crippen LogP contribution < -0.4 is 34.7 Å². The van der Waals surface area contributed by atoms with Gasteiger partial charge in [-0.1, -0.05) is 0 Å². The first kappa shape index (κ1) is 14.3. The molecular formula is C10H7N4NaO3S. The van der Waals surface area contributed by atoms with Gasteiger partial charge in [-0.15, -0.1) is 11.8 Å². The van der Waals surface area contributed by atoms with E-state index in [4.69, 9.17) is 0 Å². The molecule has 0 bridgehead atoms. The summed E-state index contributed by atoms with van der Waals surface area (Å²) in [5.41, 5.74) is 0.417. The smallest absolute Gasteiger partial charge is 0.543 e. The summed E-state index contributed by atoms with van der Waals surface area (Å²) in [6.07, 6.45) is 3.10. The van der Waals surface area contributed by atoms with Gasteiger partial charge < -0.3 is 9.90 Å². The summed E-state index contributed by atoms with van der Waals surface area (Å²) in [6, 6.07) is 0. The van der Waals surface area contributed by atoms with E-state index >= 15 is 0 Å². The fraction of sp³-hybridized carbons (Fsp3) is 0.200. The van der Waals surface area contributed by atoms with Gasteiger partial charge in [0.15, 0.2) is 5.82 Å². The van der Waals surface area contributed by atoms with Crippen molar-refractivity contribution >= 4 is 29.7 Å². The van der Waals surface area contributed by atoms with Crippen LogP contribution in [0.1, 0.15) is 5.82 Å². The number of amides is 1. The number of hydrogen-bond donors (Lipinski definition) is 0. The van der Waals surface area contributed by atoms with Crippen molar-refractivity contribution in [3.05, 3.63) is 28.8 Å².